The molecule has 3 heteroatoms. The highest BCUT2D eigenvalue weighted by atomic mass is 16.4. The molecule has 0 aromatic carbocycles. The first-order valence-corrected chi connectivity index (χ1v) is 6.53. The van der Waals surface area contributed by atoms with Crippen molar-refractivity contribution in [2.24, 2.45) is 11.8 Å². The van der Waals surface area contributed by atoms with Crippen molar-refractivity contribution >= 4 is 5.97 Å². The molecule has 0 heterocycles. The Kier molecular flexibility index (Phi) is 5.26. The zero-order valence-corrected chi connectivity index (χ0v) is 10.8. The van der Waals surface area contributed by atoms with Crippen LogP contribution in [-0.2, 0) is 4.79 Å². The van der Waals surface area contributed by atoms with Gasteiger partial charge in [-0.2, -0.15) is 0 Å². The van der Waals surface area contributed by atoms with Crippen LogP contribution in [0.1, 0.15) is 46.5 Å². The fourth-order valence-corrected chi connectivity index (χ4v) is 2.77. The summed E-state index contributed by atoms with van der Waals surface area (Å²) in [5, 5.41) is 8.96. The smallest absolute Gasteiger partial charge is 0.307 e. The second-order valence-electron chi connectivity index (χ2n) is 5.16. The van der Waals surface area contributed by atoms with E-state index >= 15 is 0 Å². The topological polar surface area (TPSA) is 40.5 Å². The van der Waals surface area contributed by atoms with Gasteiger partial charge in [-0.15, -0.1) is 0 Å². The predicted molar refractivity (Wildman–Crippen MR) is 65.5 cm³/mol. The maximum Gasteiger partial charge on any atom is 0.307 e. The van der Waals surface area contributed by atoms with Gasteiger partial charge in [0, 0.05) is 12.6 Å². The van der Waals surface area contributed by atoms with Crippen molar-refractivity contribution in [3.63, 3.8) is 0 Å². The Balaban J connectivity index is 2.55. The third-order valence-electron chi connectivity index (χ3n) is 3.87. The van der Waals surface area contributed by atoms with E-state index in [1.807, 2.05) is 0 Å². The number of hydrogen-bond acceptors (Lipinski definition) is 2. The first kappa shape index (κ1) is 13.5. The van der Waals surface area contributed by atoms with E-state index in [1.54, 1.807) is 6.92 Å². The summed E-state index contributed by atoms with van der Waals surface area (Å²) in [4.78, 5) is 13.3. The van der Waals surface area contributed by atoms with Gasteiger partial charge in [0.25, 0.3) is 0 Å². The molecule has 3 atom stereocenters. The van der Waals surface area contributed by atoms with Crippen LogP contribution in [-0.4, -0.2) is 35.1 Å². The fraction of sp³-hybridized carbons (Fsp3) is 0.923. The van der Waals surface area contributed by atoms with Crippen molar-refractivity contribution < 1.29 is 9.90 Å². The lowest BCUT2D eigenvalue weighted by Gasteiger charge is -2.38. The standard InChI is InChI=1S/C13H25NO2/c1-4-14(9-11(3)13(15)16)12-8-6-5-7-10(12)2/h10-12H,4-9H2,1-3H3,(H,15,16). The minimum atomic E-state index is -0.679. The lowest BCUT2D eigenvalue weighted by atomic mass is 9.84. The lowest BCUT2D eigenvalue weighted by Crippen LogP contribution is -2.44. The zero-order valence-electron chi connectivity index (χ0n) is 10.8. The van der Waals surface area contributed by atoms with E-state index in [4.69, 9.17) is 5.11 Å². The van der Waals surface area contributed by atoms with Gasteiger partial charge in [0.2, 0.25) is 0 Å². The van der Waals surface area contributed by atoms with Crippen LogP contribution >= 0.6 is 0 Å². The average Bonchev–Trinajstić information content (AvgIpc) is 2.26. The van der Waals surface area contributed by atoms with Gasteiger partial charge in [-0.25, -0.2) is 0 Å². The summed E-state index contributed by atoms with van der Waals surface area (Å²) in [7, 11) is 0. The van der Waals surface area contributed by atoms with Crippen molar-refractivity contribution in [1.29, 1.82) is 0 Å². The van der Waals surface area contributed by atoms with Crippen LogP contribution in [0.25, 0.3) is 0 Å². The van der Waals surface area contributed by atoms with Crippen LogP contribution in [0.5, 0.6) is 0 Å². The highest BCUT2D eigenvalue weighted by Crippen LogP contribution is 2.28. The highest BCUT2D eigenvalue weighted by molar-refractivity contribution is 5.69. The van der Waals surface area contributed by atoms with Crippen LogP contribution in [0, 0.1) is 11.8 Å². The fourth-order valence-electron chi connectivity index (χ4n) is 2.77. The van der Waals surface area contributed by atoms with Crippen molar-refractivity contribution in [2.75, 3.05) is 13.1 Å². The Hall–Kier alpha value is -0.570. The van der Waals surface area contributed by atoms with Crippen molar-refractivity contribution in [1.82, 2.24) is 4.90 Å². The minimum absolute atomic E-state index is 0.255. The van der Waals surface area contributed by atoms with Crippen molar-refractivity contribution in [2.45, 2.75) is 52.5 Å². The Bertz CT molecular complexity index is 230. The molecular formula is C13H25NO2. The molecule has 0 radical (unpaired) electrons. The second-order valence-corrected chi connectivity index (χ2v) is 5.16. The van der Waals surface area contributed by atoms with Crippen LogP contribution in [0.15, 0.2) is 0 Å². The Morgan fingerprint density at radius 3 is 2.56 bits per heavy atom. The van der Waals surface area contributed by atoms with Gasteiger partial charge in [0.05, 0.1) is 5.92 Å². The first-order valence-electron chi connectivity index (χ1n) is 6.53. The molecule has 1 fully saturated rings. The predicted octanol–water partition coefficient (Wildman–Crippen LogP) is 2.61. The molecule has 3 nitrogen and oxygen atoms in total. The summed E-state index contributed by atoms with van der Waals surface area (Å²) in [6.45, 7) is 7.90. The number of nitrogens with zero attached hydrogens (tertiary/aromatic N) is 1. The number of carboxylic acid groups (broad SMARTS) is 1. The van der Waals surface area contributed by atoms with Gasteiger partial charge in [-0.3, -0.25) is 9.69 Å². The van der Waals surface area contributed by atoms with Gasteiger partial charge in [0.1, 0.15) is 0 Å². The molecule has 3 unspecified atom stereocenters. The molecule has 0 bridgehead atoms. The normalized spacial score (nSPS) is 28.0. The molecule has 94 valence electrons. The van der Waals surface area contributed by atoms with Gasteiger partial charge in [0.15, 0.2) is 0 Å². The van der Waals surface area contributed by atoms with Crippen LogP contribution in [0.3, 0.4) is 0 Å². The van der Waals surface area contributed by atoms with E-state index in [0.29, 0.717) is 12.6 Å². The number of aliphatic carboxylic acids is 1. The molecule has 0 amide bonds. The average molecular weight is 227 g/mol. The Labute approximate surface area is 98.8 Å². The largest absolute Gasteiger partial charge is 0.481 e. The molecule has 1 aliphatic carbocycles. The molecule has 0 aromatic heterocycles. The van der Waals surface area contributed by atoms with E-state index in [2.05, 4.69) is 18.7 Å². The zero-order chi connectivity index (χ0) is 12.1. The van der Waals surface area contributed by atoms with Gasteiger partial charge in [-0.05, 0) is 25.3 Å². The number of rotatable bonds is 5. The molecule has 1 saturated carbocycles. The number of carbonyl (C=O) groups is 1. The molecule has 1 aliphatic rings. The summed E-state index contributed by atoms with van der Waals surface area (Å²) in [5.74, 6) is -0.217. The molecule has 0 spiro atoms. The molecular weight excluding hydrogens is 202 g/mol. The lowest BCUT2D eigenvalue weighted by molar-refractivity contribution is -0.142. The van der Waals surface area contributed by atoms with E-state index < -0.39 is 5.97 Å². The Morgan fingerprint density at radius 1 is 1.44 bits per heavy atom. The third kappa shape index (κ3) is 3.48. The summed E-state index contributed by atoms with van der Waals surface area (Å²) < 4.78 is 0. The highest BCUT2D eigenvalue weighted by Gasteiger charge is 2.28. The van der Waals surface area contributed by atoms with Crippen LogP contribution in [0.2, 0.25) is 0 Å². The minimum Gasteiger partial charge on any atom is -0.481 e. The molecule has 16 heavy (non-hydrogen) atoms. The molecule has 0 saturated heterocycles. The van der Waals surface area contributed by atoms with Crippen LogP contribution < -0.4 is 0 Å². The molecule has 1 N–H and O–H groups in total. The van der Waals surface area contributed by atoms with E-state index in [0.717, 1.165) is 12.5 Å². The van der Waals surface area contributed by atoms with Crippen molar-refractivity contribution in [3.05, 3.63) is 0 Å². The molecule has 1 rings (SSSR count). The first-order chi connectivity index (χ1) is 7.56. The summed E-state index contributed by atoms with van der Waals surface area (Å²) in [5.41, 5.74) is 0. The van der Waals surface area contributed by atoms with E-state index in [9.17, 15) is 4.79 Å². The SMILES string of the molecule is CCN(CC(C)C(=O)O)C1CCCCC1C. The second kappa shape index (κ2) is 6.24. The third-order valence-corrected chi connectivity index (χ3v) is 3.87. The van der Waals surface area contributed by atoms with Gasteiger partial charge in [-0.1, -0.05) is 33.6 Å². The maximum absolute atomic E-state index is 10.9. The molecule has 0 aromatic rings. The number of carboxylic acids is 1. The monoisotopic (exact) mass is 227 g/mol. The summed E-state index contributed by atoms with van der Waals surface area (Å²) in [6.07, 6.45) is 5.17. The van der Waals surface area contributed by atoms with E-state index in [1.165, 1.54) is 25.7 Å². The summed E-state index contributed by atoms with van der Waals surface area (Å²) >= 11 is 0. The van der Waals surface area contributed by atoms with Gasteiger partial charge < -0.3 is 5.11 Å². The quantitative estimate of drug-likeness (QED) is 0.785. The van der Waals surface area contributed by atoms with Gasteiger partial charge >= 0.3 is 5.97 Å². The molecule has 0 aliphatic heterocycles. The van der Waals surface area contributed by atoms with E-state index in [-0.39, 0.29) is 5.92 Å². The Morgan fingerprint density at radius 2 is 2.06 bits per heavy atom. The maximum atomic E-state index is 10.9. The summed E-state index contributed by atoms with van der Waals surface area (Å²) in [6, 6.07) is 0.598. The van der Waals surface area contributed by atoms with Crippen molar-refractivity contribution in [3.8, 4) is 0 Å². The van der Waals surface area contributed by atoms with Crippen LogP contribution in [0.4, 0.5) is 0 Å². The number of hydrogen-bond donors (Lipinski definition) is 1.